The van der Waals surface area contributed by atoms with Crippen LogP contribution in [0.1, 0.15) is 46.5 Å². The molecule has 0 spiro atoms. The fourth-order valence-corrected chi connectivity index (χ4v) is 3.62. The molecule has 1 aliphatic heterocycles. The largest absolute Gasteiger partial charge is 0.426 e. The number of benzene rings is 2. The summed E-state index contributed by atoms with van der Waals surface area (Å²) in [5.74, 6) is 0.371. The predicted molar refractivity (Wildman–Crippen MR) is 105 cm³/mol. The first-order valence-electron chi connectivity index (χ1n) is 10.00. The van der Waals surface area contributed by atoms with E-state index in [0.717, 1.165) is 30.0 Å². The molecule has 0 amide bonds. The van der Waals surface area contributed by atoms with E-state index in [2.05, 4.69) is 0 Å². The lowest BCUT2D eigenvalue weighted by Crippen LogP contribution is -2.28. The Morgan fingerprint density at radius 3 is 2.25 bits per heavy atom. The summed E-state index contributed by atoms with van der Waals surface area (Å²) in [6.45, 7) is 5.69. The molecule has 2 aliphatic rings. The molecule has 3 atom stereocenters. The predicted octanol–water partition coefficient (Wildman–Crippen LogP) is 4.65. The Morgan fingerprint density at radius 2 is 1.64 bits per heavy atom. The molecule has 148 valence electrons. The molecule has 0 radical (unpaired) electrons. The third kappa shape index (κ3) is 3.63. The van der Waals surface area contributed by atoms with Crippen LogP contribution in [0, 0.1) is 11.3 Å². The van der Waals surface area contributed by atoms with Crippen molar-refractivity contribution >= 4 is 22.7 Å². The summed E-state index contributed by atoms with van der Waals surface area (Å²) in [4.78, 5) is 25.1. The third-order valence-electron chi connectivity index (χ3n) is 6.03. The van der Waals surface area contributed by atoms with Gasteiger partial charge in [-0.2, -0.15) is 0 Å². The van der Waals surface area contributed by atoms with Gasteiger partial charge in [-0.1, -0.05) is 31.2 Å². The van der Waals surface area contributed by atoms with Crippen molar-refractivity contribution in [1.82, 2.24) is 0 Å². The van der Waals surface area contributed by atoms with Gasteiger partial charge in [0, 0.05) is 10.8 Å². The zero-order valence-corrected chi connectivity index (χ0v) is 16.6. The van der Waals surface area contributed by atoms with Crippen molar-refractivity contribution in [3.8, 4) is 11.5 Å². The average molecular weight is 382 g/mol. The number of esters is 2. The number of fused-ring (bicyclic) bond motifs is 2. The van der Waals surface area contributed by atoms with Crippen molar-refractivity contribution in [1.29, 1.82) is 0 Å². The van der Waals surface area contributed by atoms with Crippen molar-refractivity contribution in [3.05, 3.63) is 36.4 Å². The number of hydrogen-bond acceptors (Lipinski definition) is 5. The highest BCUT2D eigenvalue weighted by atomic mass is 16.6. The van der Waals surface area contributed by atoms with Gasteiger partial charge in [0.1, 0.15) is 11.5 Å². The number of carbonyl (C=O) groups is 2. The summed E-state index contributed by atoms with van der Waals surface area (Å²) in [6, 6.07) is 10.9. The van der Waals surface area contributed by atoms with Crippen LogP contribution in [0.25, 0.3) is 10.8 Å². The summed E-state index contributed by atoms with van der Waals surface area (Å²) >= 11 is 0. The molecule has 1 heterocycles. The van der Waals surface area contributed by atoms with Gasteiger partial charge < -0.3 is 14.2 Å². The molecular formula is C23H26O5. The van der Waals surface area contributed by atoms with E-state index in [-0.39, 0.29) is 24.0 Å². The van der Waals surface area contributed by atoms with Crippen molar-refractivity contribution in [2.45, 2.75) is 58.7 Å². The van der Waals surface area contributed by atoms with Crippen LogP contribution < -0.4 is 9.47 Å². The standard InChI is InChI=1S/C23H26O5/c1-4-23(2,3)22(25)28-18-10-6-7-15-16(18)8-5-9-17(15)27-21(24)14-11-12-19-20(13-14)26-19/h5-10,14,19-20H,4,11-13H2,1-3H3. The number of epoxide rings is 1. The van der Waals surface area contributed by atoms with Crippen LogP contribution in [0.4, 0.5) is 0 Å². The third-order valence-corrected chi connectivity index (χ3v) is 6.03. The number of ether oxygens (including phenoxy) is 3. The average Bonchev–Trinajstić information content (AvgIpc) is 3.47. The Bertz CT molecular complexity index is 916. The lowest BCUT2D eigenvalue weighted by atomic mass is 9.89. The lowest BCUT2D eigenvalue weighted by Gasteiger charge is -2.21. The fourth-order valence-electron chi connectivity index (χ4n) is 3.62. The minimum Gasteiger partial charge on any atom is -0.426 e. The van der Waals surface area contributed by atoms with Crippen LogP contribution >= 0.6 is 0 Å². The molecular weight excluding hydrogens is 356 g/mol. The van der Waals surface area contributed by atoms with Gasteiger partial charge in [0.2, 0.25) is 0 Å². The van der Waals surface area contributed by atoms with E-state index in [1.54, 1.807) is 12.1 Å². The van der Waals surface area contributed by atoms with Gasteiger partial charge in [0.25, 0.3) is 0 Å². The SMILES string of the molecule is CCC(C)(C)C(=O)Oc1cccc2c(OC(=O)C3CCC4OC4C3)cccc12. The van der Waals surface area contributed by atoms with Gasteiger partial charge in [-0.05, 0) is 51.7 Å². The lowest BCUT2D eigenvalue weighted by molar-refractivity contribution is -0.144. The zero-order valence-electron chi connectivity index (χ0n) is 16.6. The van der Waals surface area contributed by atoms with Crippen LogP contribution in [-0.4, -0.2) is 24.1 Å². The molecule has 2 aromatic rings. The van der Waals surface area contributed by atoms with E-state index in [1.165, 1.54) is 0 Å². The Labute approximate surface area is 165 Å². The van der Waals surface area contributed by atoms with Crippen molar-refractivity contribution in [2.24, 2.45) is 11.3 Å². The maximum absolute atomic E-state index is 12.6. The molecule has 1 saturated carbocycles. The second-order valence-corrected chi connectivity index (χ2v) is 8.38. The fraction of sp³-hybridized carbons (Fsp3) is 0.478. The smallest absolute Gasteiger partial charge is 0.316 e. The maximum atomic E-state index is 12.6. The van der Waals surface area contributed by atoms with Gasteiger partial charge >= 0.3 is 11.9 Å². The second-order valence-electron chi connectivity index (χ2n) is 8.38. The summed E-state index contributed by atoms with van der Waals surface area (Å²) in [5.41, 5.74) is -0.560. The van der Waals surface area contributed by atoms with E-state index in [4.69, 9.17) is 14.2 Å². The summed E-state index contributed by atoms with van der Waals surface area (Å²) in [7, 11) is 0. The van der Waals surface area contributed by atoms with E-state index >= 15 is 0 Å². The quantitative estimate of drug-likeness (QED) is 0.428. The zero-order chi connectivity index (χ0) is 19.9. The summed E-state index contributed by atoms with van der Waals surface area (Å²) in [5, 5.41) is 1.51. The maximum Gasteiger partial charge on any atom is 0.316 e. The van der Waals surface area contributed by atoms with Crippen molar-refractivity contribution in [3.63, 3.8) is 0 Å². The van der Waals surface area contributed by atoms with E-state index in [9.17, 15) is 9.59 Å². The minimum absolute atomic E-state index is 0.120. The molecule has 5 nitrogen and oxygen atoms in total. The Balaban J connectivity index is 1.56. The first-order chi connectivity index (χ1) is 13.4. The van der Waals surface area contributed by atoms with Gasteiger partial charge in [0.05, 0.1) is 23.5 Å². The number of hydrogen-bond donors (Lipinski definition) is 0. The van der Waals surface area contributed by atoms with Crippen molar-refractivity contribution in [2.75, 3.05) is 0 Å². The highest BCUT2D eigenvalue weighted by Crippen LogP contribution is 2.40. The first kappa shape index (κ1) is 18.9. The number of rotatable bonds is 5. The molecule has 28 heavy (non-hydrogen) atoms. The molecule has 3 unspecified atom stereocenters. The normalized spacial score (nSPS) is 23.8. The molecule has 0 bridgehead atoms. The first-order valence-corrected chi connectivity index (χ1v) is 10.00. The molecule has 4 rings (SSSR count). The van der Waals surface area contributed by atoms with Gasteiger partial charge in [-0.25, -0.2) is 0 Å². The van der Waals surface area contributed by atoms with E-state index < -0.39 is 5.41 Å². The van der Waals surface area contributed by atoms with Crippen LogP contribution in [-0.2, 0) is 14.3 Å². The van der Waals surface area contributed by atoms with E-state index in [0.29, 0.717) is 24.0 Å². The van der Waals surface area contributed by atoms with Gasteiger partial charge in [-0.15, -0.1) is 0 Å². The highest BCUT2D eigenvalue weighted by Gasteiger charge is 2.46. The Morgan fingerprint density at radius 1 is 1.00 bits per heavy atom. The molecule has 1 aliphatic carbocycles. The molecule has 0 N–H and O–H groups in total. The second kappa shape index (κ2) is 7.21. The van der Waals surface area contributed by atoms with Gasteiger partial charge in [-0.3, -0.25) is 9.59 Å². The Hall–Kier alpha value is -2.40. The van der Waals surface area contributed by atoms with Crippen LogP contribution in [0.5, 0.6) is 11.5 Å². The molecule has 5 heteroatoms. The van der Waals surface area contributed by atoms with Crippen LogP contribution in [0.3, 0.4) is 0 Å². The minimum atomic E-state index is -0.560. The number of carbonyl (C=O) groups excluding carboxylic acids is 2. The van der Waals surface area contributed by atoms with Crippen LogP contribution in [0.2, 0.25) is 0 Å². The topological polar surface area (TPSA) is 65.1 Å². The molecule has 0 aromatic heterocycles. The van der Waals surface area contributed by atoms with Crippen molar-refractivity contribution < 1.29 is 23.8 Å². The van der Waals surface area contributed by atoms with Crippen LogP contribution in [0.15, 0.2) is 36.4 Å². The monoisotopic (exact) mass is 382 g/mol. The van der Waals surface area contributed by atoms with Gasteiger partial charge in [0.15, 0.2) is 0 Å². The molecule has 2 aromatic carbocycles. The molecule has 1 saturated heterocycles. The highest BCUT2D eigenvalue weighted by molar-refractivity contribution is 5.96. The summed E-state index contributed by atoms with van der Waals surface area (Å²) < 4.78 is 16.9. The van der Waals surface area contributed by atoms with E-state index in [1.807, 2.05) is 45.0 Å². The molecule has 2 fully saturated rings. The summed E-state index contributed by atoms with van der Waals surface area (Å²) in [6.07, 6.45) is 3.74. The Kier molecular flexibility index (Phi) is 4.88.